The fourth-order valence-electron chi connectivity index (χ4n) is 3.72. The molecule has 0 aromatic heterocycles. The minimum absolute atomic E-state index is 0.228. The molecule has 3 N–H and O–H groups in total. The third-order valence-electron chi connectivity index (χ3n) is 5.68. The van der Waals surface area contributed by atoms with Gasteiger partial charge in [0.05, 0.1) is 13.2 Å². The number of aliphatic hydroxyl groups excluding tert-OH is 1. The molecule has 0 spiro atoms. The van der Waals surface area contributed by atoms with Crippen LogP contribution < -0.4 is 10.6 Å². The standard InChI is InChI=1S/C27H36N2O5/c1-3-4-5-6-13-18-23(30)24(29-25(31)21-16-11-8-12-17-21)26(32)28-22(27(33)34-2)19-20-14-9-7-10-15-20/h7-12,14-17,22-24,30H,3-6,13,18-19H2,1-2H3,(H,28,32)(H,29,31)/t22-,23?,24-/m0/s1. The second-order valence-electron chi connectivity index (χ2n) is 8.36. The van der Waals surface area contributed by atoms with E-state index in [0.29, 0.717) is 12.0 Å². The lowest BCUT2D eigenvalue weighted by molar-refractivity contribution is -0.145. The second kappa shape index (κ2) is 14.9. The van der Waals surface area contributed by atoms with Gasteiger partial charge < -0.3 is 20.5 Å². The molecule has 7 heteroatoms. The average Bonchev–Trinajstić information content (AvgIpc) is 2.87. The number of aliphatic hydroxyl groups is 1. The first kappa shape index (κ1) is 27.1. The highest BCUT2D eigenvalue weighted by Crippen LogP contribution is 2.12. The summed E-state index contributed by atoms with van der Waals surface area (Å²) in [5, 5.41) is 16.2. The lowest BCUT2D eigenvalue weighted by atomic mass is 10.0. The summed E-state index contributed by atoms with van der Waals surface area (Å²) < 4.78 is 4.87. The maximum absolute atomic E-state index is 13.2. The molecule has 3 atom stereocenters. The van der Waals surface area contributed by atoms with Crippen molar-refractivity contribution in [2.24, 2.45) is 0 Å². The number of benzene rings is 2. The summed E-state index contributed by atoms with van der Waals surface area (Å²) in [6, 6.07) is 15.6. The van der Waals surface area contributed by atoms with Gasteiger partial charge in [-0.3, -0.25) is 9.59 Å². The Morgan fingerprint density at radius 3 is 2.12 bits per heavy atom. The smallest absolute Gasteiger partial charge is 0.328 e. The Morgan fingerprint density at radius 2 is 1.50 bits per heavy atom. The molecule has 0 aliphatic carbocycles. The van der Waals surface area contributed by atoms with Crippen molar-refractivity contribution < 1.29 is 24.2 Å². The van der Waals surface area contributed by atoms with Gasteiger partial charge in [-0.05, 0) is 24.1 Å². The largest absolute Gasteiger partial charge is 0.467 e. The minimum atomic E-state index is -1.21. The van der Waals surface area contributed by atoms with E-state index < -0.39 is 36.0 Å². The molecule has 0 heterocycles. The molecule has 0 saturated carbocycles. The van der Waals surface area contributed by atoms with Crippen molar-refractivity contribution in [3.05, 3.63) is 71.8 Å². The Morgan fingerprint density at radius 1 is 0.882 bits per heavy atom. The van der Waals surface area contributed by atoms with E-state index >= 15 is 0 Å². The molecule has 0 aliphatic rings. The van der Waals surface area contributed by atoms with Crippen LogP contribution in [-0.4, -0.2) is 48.2 Å². The number of rotatable bonds is 14. The van der Waals surface area contributed by atoms with Gasteiger partial charge in [-0.2, -0.15) is 0 Å². The summed E-state index contributed by atoms with van der Waals surface area (Å²) in [7, 11) is 1.26. The van der Waals surface area contributed by atoms with Gasteiger partial charge in [0, 0.05) is 12.0 Å². The van der Waals surface area contributed by atoms with Crippen LogP contribution in [0, 0.1) is 0 Å². The zero-order valence-electron chi connectivity index (χ0n) is 20.0. The Balaban J connectivity index is 2.14. The van der Waals surface area contributed by atoms with E-state index in [2.05, 4.69) is 17.6 Å². The molecule has 2 aromatic rings. The van der Waals surface area contributed by atoms with Crippen molar-refractivity contribution >= 4 is 17.8 Å². The predicted octanol–water partition coefficient (Wildman–Crippen LogP) is 3.41. The Kier molecular flexibility index (Phi) is 11.8. The lowest BCUT2D eigenvalue weighted by Gasteiger charge is -2.26. The maximum atomic E-state index is 13.2. The number of hydrogen-bond acceptors (Lipinski definition) is 5. The van der Waals surface area contributed by atoms with Crippen LogP contribution in [0.15, 0.2) is 60.7 Å². The Bertz CT molecular complexity index is 888. The van der Waals surface area contributed by atoms with Crippen molar-refractivity contribution in [1.82, 2.24) is 10.6 Å². The van der Waals surface area contributed by atoms with Crippen LogP contribution in [0.4, 0.5) is 0 Å². The van der Waals surface area contributed by atoms with Crippen LogP contribution in [0.3, 0.4) is 0 Å². The van der Waals surface area contributed by atoms with Crippen LogP contribution in [-0.2, 0) is 20.7 Å². The molecule has 0 fully saturated rings. The molecule has 0 radical (unpaired) electrons. The number of hydrogen-bond donors (Lipinski definition) is 3. The molecule has 7 nitrogen and oxygen atoms in total. The molecule has 184 valence electrons. The van der Waals surface area contributed by atoms with Crippen molar-refractivity contribution in [2.75, 3.05) is 7.11 Å². The van der Waals surface area contributed by atoms with Crippen LogP contribution in [0.1, 0.15) is 61.4 Å². The quantitative estimate of drug-likeness (QED) is 0.291. The number of ether oxygens (including phenoxy) is 1. The van der Waals surface area contributed by atoms with E-state index in [9.17, 15) is 19.5 Å². The van der Waals surface area contributed by atoms with Crippen LogP contribution in [0.5, 0.6) is 0 Å². The summed E-state index contributed by atoms with van der Waals surface area (Å²) in [6.07, 6.45) is 4.44. The average molecular weight is 469 g/mol. The van der Waals surface area contributed by atoms with Crippen molar-refractivity contribution in [3.8, 4) is 0 Å². The maximum Gasteiger partial charge on any atom is 0.328 e. The zero-order valence-corrected chi connectivity index (χ0v) is 20.0. The number of carbonyl (C=O) groups excluding carboxylic acids is 3. The van der Waals surface area contributed by atoms with Gasteiger partial charge >= 0.3 is 5.97 Å². The number of esters is 1. The van der Waals surface area contributed by atoms with E-state index in [4.69, 9.17) is 4.74 Å². The first-order valence-electron chi connectivity index (χ1n) is 11.9. The number of methoxy groups -OCH3 is 1. The summed E-state index contributed by atoms with van der Waals surface area (Å²) in [5.74, 6) is -1.69. The summed E-state index contributed by atoms with van der Waals surface area (Å²) in [5.41, 5.74) is 1.23. The number of nitrogens with one attached hydrogen (secondary N) is 2. The van der Waals surface area contributed by atoms with E-state index in [1.54, 1.807) is 30.3 Å². The summed E-state index contributed by atoms with van der Waals surface area (Å²) in [6.45, 7) is 2.13. The molecule has 2 rings (SSSR count). The highest BCUT2D eigenvalue weighted by Gasteiger charge is 2.32. The highest BCUT2D eigenvalue weighted by atomic mass is 16.5. The van der Waals surface area contributed by atoms with Gasteiger partial charge in [0.15, 0.2) is 0 Å². The number of amides is 2. The third kappa shape index (κ3) is 8.98. The molecule has 2 aromatic carbocycles. The zero-order chi connectivity index (χ0) is 24.8. The van der Waals surface area contributed by atoms with Crippen molar-refractivity contribution in [3.63, 3.8) is 0 Å². The molecule has 0 saturated heterocycles. The topological polar surface area (TPSA) is 105 Å². The van der Waals surface area contributed by atoms with E-state index in [0.717, 1.165) is 37.7 Å². The molecule has 0 aliphatic heterocycles. The van der Waals surface area contributed by atoms with Crippen molar-refractivity contribution in [1.29, 1.82) is 0 Å². The van der Waals surface area contributed by atoms with Gasteiger partial charge in [0.2, 0.25) is 5.91 Å². The molecular formula is C27H36N2O5. The minimum Gasteiger partial charge on any atom is -0.467 e. The van der Waals surface area contributed by atoms with Crippen LogP contribution in [0.2, 0.25) is 0 Å². The van der Waals surface area contributed by atoms with Crippen LogP contribution in [0.25, 0.3) is 0 Å². The van der Waals surface area contributed by atoms with E-state index in [1.165, 1.54) is 7.11 Å². The van der Waals surface area contributed by atoms with Gasteiger partial charge in [0.25, 0.3) is 5.91 Å². The van der Waals surface area contributed by atoms with Crippen molar-refractivity contribution in [2.45, 2.75) is 70.1 Å². The monoisotopic (exact) mass is 468 g/mol. The Labute approximate surface area is 201 Å². The third-order valence-corrected chi connectivity index (χ3v) is 5.68. The lowest BCUT2D eigenvalue weighted by Crippen LogP contribution is -2.56. The summed E-state index contributed by atoms with van der Waals surface area (Å²) in [4.78, 5) is 38.3. The number of unbranched alkanes of at least 4 members (excludes halogenated alkanes) is 4. The van der Waals surface area contributed by atoms with E-state index in [-0.39, 0.29) is 6.42 Å². The van der Waals surface area contributed by atoms with Gasteiger partial charge in [-0.25, -0.2) is 4.79 Å². The molecule has 1 unspecified atom stereocenters. The highest BCUT2D eigenvalue weighted by molar-refractivity contribution is 5.98. The Hall–Kier alpha value is -3.19. The van der Waals surface area contributed by atoms with Crippen LogP contribution >= 0.6 is 0 Å². The molecule has 2 amide bonds. The fraction of sp³-hybridized carbons (Fsp3) is 0.444. The first-order valence-corrected chi connectivity index (χ1v) is 11.9. The molecule has 34 heavy (non-hydrogen) atoms. The molecular weight excluding hydrogens is 432 g/mol. The van der Waals surface area contributed by atoms with E-state index in [1.807, 2.05) is 30.3 Å². The normalized spacial score (nSPS) is 13.4. The molecule has 0 bridgehead atoms. The van der Waals surface area contributed by atoms with Gasteiger partial charge in [0.1, 0.15) is 12.1 Å². The predicted molar refractivity (Wildman–Crippen MR) is 131 cm³/mol. The summed E-state index contributed by atoms with van der Waals surface area (Å²) >= 11 is 0. The SMILES string of the molecule is CCCCCCCC(O)[C@H](NC(=O)c1ccccc1)C(=O)N[C@@H](Cc1ccccc1)C(=O)OC. The van der Waals surface area contributed by atoms with Gasteiger partial charge in [-0.1, -0.05) is 87.6 Å². The fourth-order valence-corrected chi connectivity index (χ4v) is 3.72. The van der Waals surface area contributed by atoms with Gasteiger partial charge in [-0.15, -0.1) is 0 Å². The number of carbonyl (C=O) groups is 3. The second-order valence-corrected chi connectivity index (χ2v) is 8.36. The first-order chi connectivity index (χ1) is 16.5.